The molecule has 18 heavy (non-hydrogen) atoms. The van der Waals surface area contributed by atoms with Crippen LogP contribution >= 0.6 is 0 Å². The highest BCUT2D eigenvalue weighted by molar-refractivity contribution is 5.73. The van der Waals surface area contributed by atoms with Gasteiger partial charge in [-0.2, -0.15) is 0 Å². The number of aliphatic carboxylic acids is 1. The minimum atomic E-state index is -0.951. The van der Waals surface area contributed by atoms with Crippen molar-refractivity contribution in [2.75, 3.05) is 20.1 Å². The quantitative estimate of drug-likeness (QED) is 0.796. The lowest BCUT2D eigenvalue weighted by Crippen LogP contribution is -2.41. The fourth-order valence-electron chi connectivity index (χ4n) is 1.94. The van der Waals surface area contributed by atoms with Crippen LogP contribution in [0.5, 0.6) is 0 Å². The van der Waals surface area contributed by atoms with Crippen molar-refractivity contribution in [3.63, 3.8) is 0 Å². The summed E-state index contributed by atoms with van der Waals surface area (Å²) < 4.78 is 0. The van der Waals surface area contributed by atoms with E-state index in [0.29, 0.717) is 6.54 Å². The second kappa shape index (κ2) is 6.52. The minimum absolute atomic E-state index is 0.375. The molecule has 0 aliphatic heterocycles. The first-order valence-electron chi connectivity index (χ1n) is 6.13. The van der Waals surface area contributed by atoms with Gasteiger partial charge in [0.25, 0.3) is 0 Å². The smallest absolute Gasteiger partial charge is 0.321 e. The number of nitrogens with two attached hydrogens (primary N) is 1. The summed E-state index contributed by atoms with van der Waals surface area (Å²) in [6, 6.07) is 5.59. The summed E-state index contributed by atoms with van der Waals surface area (Å²) in [4.78, 5) is 12.6. The van der Waals surface area contributed by atoms with Gasteiger partial charge in [-0.3, -0.25) is 4.79 Å². The Bertz CT molecular complexity index is 418. The summed E-state index contributed by atoms with van der Waals surface area (Å²) in [5.41, 5.74) is 9.34. The molecule has 1 aromatic rings. The molecule has 1 rings (SSSR count). The Kier molecular flexibility index (Phi) is 5.31. The third kappa shape index (κ3) is 4.47. The second-order valence-electron chi connectivity index (χ2n) is 4.89. The SMILES string of the molecule is Cc1ccc(CCN(C)CC(N)C(=O)O)c(C)c1. The number of carboxylic acid groups (broad SMARTS) is 1. The van der Waals surface area contributed by atoms with Gasteiger partial charge >= 0.3 is 5.97 Å². The molecule has 0 heterocycles. The molecular formula is C14H22N2O2. The van der Waals surface area contributed by atoms with Crippen LogP contribution in [-0.2, 0) is 11.2 Å². The molecule has 0 radical (unpaired) electrons. The zero-order valence-electron chi connectivity index (χ0n) is 11.3. The van der Waals surface area contributed by atoms with Crippen molar-refractivity contribution in [1.29, 1.82) is 0 Å². The molecule has 1 atom stereocenters. The van der Waals surface area contributed by atoms with E-state index in [9.17, 15) is 4.79 Å². The number of hydrogen-bond acceptors (Lipinski definition) is 3. The lowest BCUT2D eigenvalue weighted by atomic mass is 10.0. The third-order valence-electron chi connectivity index (χ3n) is 3.09. The van der Waals surface area contributed by atoms with E-state index < -0.39 is 12.0 Å². The molecule has 0 amide bonds. The maximum Gasteiger partial charge on any atom is 0.321 e. The van der Waals surface area contributed by atoms with E-state index >= 15 is 0 Å². The van der Waals surface area contributed by atoms with E-state index in [1.807, 2.05) is 11.9 Å². The van der Waals surface area contributed by atoms with E-state index in [2.05, 4.69) is 32.0 Å². The van der Waals surface area contributed by atoms with Crippen LogP contribution in [0.25, 0.3) is 0 Å². The lowest BCUT2D eigenvalue weighted by molar-refractivity contribution is -0.138. The third-order valence-corrected chi connectivity index (χ3v) is 3.09. The van der Waals surface area contributed by atoms with Crippen molar-refractivity contribution in [2.45, 2.75) is 26.3 Å². The van der Waals surface area contributed by atoms with Crippen LogP contribution in [0.4, 0.5) is 0 Å². The Labute approximate surface area is 108 Å². The van der Waals surface area contributed by atoms with E-state index in [4.69, 9.17) is 10.8 Å². The summed E-state index contributed by atoms with van der Waals surface area (Å²) in [5, 5.41) is 8.74. The van der Waals surface area contributed by atoms with Crippen LogP contribution in [-0.4, -0.2) is 42.2 Å². The monoisotopic (exact) mass is 250 g/mol. The van der Waals surface area contributed by atoms with Crippen LogP contribution in [0.2, 0.25) is 0 Å². The van der Waals surface area contributed by atoms with Crippen LogP contribution in [0.15, 0.2) is 18.2 Å². The number of carboxylic acids is 1. The van der Waals surface area contributed by atoms with Gasteiger partial charge in [0.2, 0.25) is 0 Å². The zero-order chi connectivity index (χ0) is 13.7. The minimum Gasteiger partial charge on any atom is -0.480 e. The molecule has 0 spiro atoms. The molecule has 0 aromatic heterocycles. The summed E-state index contributed by atoms with van der Waals surface area (Å²) in [6.45, 7) is 5.37. The number of carbonyl (C=O) groups is 1. The Hall–Kier alpha value is -1.39. The summed E-state index contributed by atoms with van der Waals surface area (Å²) >= 11 is 0. The number of likely N-dealkylation sites (N-methyl/N-ethyl adjacent to an activating group) is 1. The predicted molar refractivity (Wildman–Crippen MR) is 72.7 cm³/mol. The summed E-state index contributed by atoms with van der Waals surface area (Å²) in [6.07, 6.45) is 0.912. The maximum atomic E-state index is 10.6. The Balaban J connectivity index is 2.47. The van der Waals surface area contributed by atoms with Gasteiger partial charge in [0.1, 0.15) is 6.04 Å². The number of nitrogens with zero attached hydrogens (tertiary/aromatic N) is 1. The van der Waals surface area contributed by atoms with Gasteiger partial charge in [-0.05, 0) is 38.4 Å². The van der Waals surface area contributed by atoms with E-state index in [1.165, 1.54) is 16.7 Å². The van der Waals surface area contributed by atoms with Crippen molar-refractivity contribution in [2.24, 2.45) is 5.73 Å². The molecule has 100 valence electrons. The van der Waals surface area contributed by atoms with E-state index in [-0.39, 0.29) is 0 Å². The number of benzene rings is 1. The number of hydrogen-bond donors (Lipinski definition) is 2. The van der Waals surface area contributed by atoms with Crippen LogP contribution in [0.3, 0.4) is 0 Å². The highest BCUT2D eigenvalue weighted by Crippen LogP contribution is 2.11. The van der Waals surface area contributed by atoms with Crippen molar-refractivity contribution in [1.82, 2.24) is 4.90 Å². The average Bonchev–Trinajstić information content (AvgIpc) is 2.27. The summed E-state index contributed by atoms with van der Waals surface area (Å²) in [7, 11) is 1.90. The molecule has 0 saturated carbocycles. The normalized spacial score (nSPS) is 12.7. The lowest BCUT2D eigenvalue weighted by Gasteiger charge is -2.19. The first-order valence-corrected chi connectivity index (χ1v) is 6.13. The number of aryl methyl sites for hydroxylation is 2. The molecular weight excluding hydrogens is 228 g/mol. The molecule has 0 saturated heterocycles. The fraction of sp³-hybridized carbons (Fsp3) is 0.500. The maximum absolute atomic E-state index is 10.6. The fourth-order valence-corrected chi connectivity index (χ4v) is 1.94. The highest BCUT2D eigenvalue weighted by Gasteiger charge is 2.13. The van der Waals surface area contributed by atoms with E-state index in [1.54, 1.807) is 0 Å². The average molecular weight is 250 g/mol. The zero-order valence-corrected chi connectivity index (χ0v) is 11.3. The molecule has 0 bridgehead atoms. The van der Waals surface area contributed by atoms with Crippen molar-refractivity contribution < 1.29 is 9.90 Å². The predicted octanol–water partition coefficient (Wildman–Crippen LogP) is 1.19. The first kappa shape index (κ1) is 14.7. The van der Waals surface area contributed by atoms with Gasteiger partial charge in [0, 0.05) is 13.1 Å². The van der Waals surface area contributed by atoms with Gasteiger partial charge in [0.05, 0.1) is 0 Å². The van der Waals surface area contributed by atoms with Crippen molar-refractivity contribution >= 4 is 5.97 Å². The highest BCUT2D eigenvalue weighted by atomic mass is 16.4. The van der Waals surface area contributed by atoms with Gasteiger partial charge in [-0.25, -0.2) is 0 Å². The molecule has 4 nitrogen and oxygen atoms in total. The molecule has 0 aliphatic carbocycles. The molecule has 1 aromatic carbocycles. The Morgan fingerprint density at radius 2 is 2.11 bits per heavy atom. The molecule has 0 fully saturated rings. The topological polar surface area (TPSA) is 66.6 Å². The molecule has 1 unspecified atom stereocenters. The van der Waals surface area contributed by atoms with Gasteiger partial charge in [-0.1, -0.05) is 23.8 Å². The summed E-state index contributed by atoms with van der Waals surface area (Å²) in [5.74, 6) is -0.951. The molecule has 4 heteroatoms. The molecule has 3 N–H and O–H groups in total. The van der Waals surface area contributed by atoms with Crippen LogP contribution < -0.4 is 5.73 Å². The van der Waals surface area contributed by atoms with Crippen LogP contribution in [0, 0.1) is 13.8 Å². The second-order valence-corrected chi connectivity index (χ2v) is 4.89. The standard InChI is InChI=1S/C14H22N2O2/c1-10-4-5-12(11(2)8-10)6-7-16(3)9-13(15)14(17)18/h4-5,8,13H,6-7,9,15H2,1-3H3,(H,17,18). The van der Waals surface area contributed by atoms with Crippen LogP contribution in [0.1, 0.15) is 16.7 Å². The Morgan fingerprint density at radius 1 is 1.44 bits per heavy atom. The van der Waals surface area contributed by atoms with Crippen molar-refractivity contribution in [3.8, 4) is 0 Å². The largest absolute Gasteiger partial charge is 0.480 e. The van der Waals surface area contributed by atoms with Crippen molar-refractivity contribution in [3.05, 3.63) is 34.9 Å². The van der Waals surface area contributed by atoms with Gasteiger partial charge in [0.15, 0.2) is 0 Å². The van der Waals surface area contributed by atoms with E-state index in [0.717, 1.165) is 13.0 Å². The van der Waals surface area contributed by atoms with Gasteiger partial charge in [-0.15, -0.1) is 0 Å². The number of rotatable bonds is 6. The first-order chi connectivity index (χ1) is 8.40. The Morgan fingerprint density at radius 3 is 2.67 bits per heavy atom. The molecule has 0 aliphatic rings. The van der Waals surface area contributed by atoms with Gasteiger partial charge < -0.3 is 15.7 Å².